The van der Waals surface area contributed by atoms with E-state index in [2.05, 4.69) is 14.7 Å². The highest BCUT2D eigenvalue weighted by Gasteiger charge is 2.17. The molecule has 124 valence electrons. The van der Waals surface area contributed by atoms with Gasteiger partial charge in [0.1, 0.15) is 5.01 Å². The number of sulfonamides is 1. The number of hydrogen-bond acceptors (Lipinski definition) is 5. The molecule has 0 atom stereocenters. The molecule has 2 aromatic heterocycles. The molecule has 0 saturated carbocycles. The molecule has 0 aliphatic heterocycles. The van der Waals surface area contributed by atoms with Crippen LogP contribution in [-0.2, 0) is 16.6 Å². The van der Waals surface area contributed by atoms with E-state index < -0.39 is 10.0 Å². The molecule has 0 radical (unpaired) electrons. The highest BCUT2D eigenvalue weighted by molar-refractivity contribution is 7.89. The van der Waals surface area contributed by atoms with Crippen LogP contribution in [0.1, 0.15) is 16.1 Å². The zero-order valence-electron chi connectivity index (χ0n) is 13.4. The van der Waals surface area contributed by atoms with Gasteiger partial charge in [-0.3, -0.25) is 4.98 Å². The predicted molar refractivity (Wildman–Crippen MR) is 95.3 cm³/mol. The van der Waals surface area contributed by atoms with Crippen LogP contribution < -0.4 is 4.72 Å². The molecule has 0 bridgehead atoms. The first-order valence-electron chi connectivity index (χ1n) is 7.37. The van der Waals surface area contributed by atoms with E-state index in [1.54, 1.807) is 31.5 Å². The largest absolute Gasteiger partial charge is 0.265 e. The lowest BCUT2D eigenvalue weighted by molar-refractivity contribution is 0.580. The number of aromatic nitrogens is 2. The summed E-state index contributed by atoms with van der Waals surface area (Å²) in [4.78, 5) is 8.76. The van der Waals surface area contributed by atoms with Crippen LogP contribution in [0, 0.1) is 13.8 Å². The number of aryl methyl sites for hydroxylation is 2. The van der Waals surface area contributed by atoms with Crippen molar-refractivity contribution >= 4 is 21.4 Å². The summed E-state index contributed by atoms with van der Waals surface area (Å²) in [5, 5.41) is 2.63. The summed E-state index contributed by atoms with van der Waals surface area (Å²) in [6, 6.07) is 9.04. The third-order valence-corrected chi connectivity index (χ3v) is 5.97. The second-order valence-electron chi connectivity index (χ2n) is 5.46. The number of nitrogens with zero attached hydrogens (tertiary/aromatic N) is 2. The van der Waals surface area contributed by atoms with Crippen molar-refractivity contribution in [1.82, 2.24) is 14.7 Å². The van der Waals surface area contributed by atoms with E-state index >= 15 is 0 Å². The van der Waals surface area contributed by atoms with E-state index in [1.165, 1.54) is 11.3 Å². The Balaban J connectivity index is 1.75. The van der Waals surface area contributed by atoms with Gasteiger partial charge in [0.15, 0.2) is 0 Å². The standard InChI is InChI=1S/C17H17N3O2S2/c1-12-3-4-16(13(2)9-12)24(21,22)19-10-17-20-15(11-23-17)14-5-7-18-8-6-14/h3-9,11,19H,10H2,1-2H3. The van der Waals surface area contributed by atoms with Crippen LogP contribution >= 0.6 is 11.3 Å². The number of nitrogens with one attached hydrogen (secondary N) is 1. The Morgan fingerprint density at radius 1 is 1.12 bits per heavy atom. The molecular formula is C17H17N3O2S2. The minimum atomic E-state index is -3.55. The zero-order valence-corrected chi connectivity index (χ0v) is 15.0. The molecule has 3 aromatic rings. The summed E-state index contributed by atoms with van der Waals surface area (Å²) in [6.45, 7) is 3.91. The lowest BCUT2D eigenvalue weighted by Crippen LogP contribution is -2.24. The molecule has 2 heterocycles. The maximum Gasteiger partial charge on any atom is 0.241 e. The Kier molecular flexibility index (Phi) is 4.75. The second kappa shape index (κ2) is 6.80. The summed E-state index contributed by atoms with van der Waals surface area (Å²) in [5.74, 6) is 0. The fraction of sp³-hybridized carbons (Fsp3) is 0.176. The molecule has 0 spiro atoms. The van der Waals surface area contributed by atoms with Gasteiger partial charge in [-0.15, -0.1) is 11.3 Å². The van der Waals surface area contributed by atoms with Crippen molar-refractivity contribution < 1.29 is 8.42 Å². The van der Waals surface area contributed by atoms with Gasteiger partial charge in [-0.1, -0.05) is 17.7 Å². The van der Waals surface area contributed by atoms with Crippen molar-refractivity contribution in [2.24, 2.45) is 0 Å². The molecule has 0 saturated heterocycles. The summed E-state index contributed by atoms with van der Waals surface area (Å²) >= 11 is 1.43. The highest BCUT2D eigenvalue weighted by Crippen LogP contribution is 2.22. The first kappa shape index (κ1) is 16.8. The maximum atomic E-state index is 12.5. The van der Waals surface area contributed by atoms with Crippen LogP contribution in [0.15, 0.2) is 53.0 Å². The molecule has 1 aromatic carbocycles. The van der Waals surface area contributed by atoms with Gasteiger partial charge in [0, 0.05) is 23.3 Å². The SMILES string of the molecule is Cc1ccc(S(=O)(=O)NCc2nc(-c3ccncc3)cs2)c(C)c1. The van der Waals surface area contributed by atoms with Crippen LogP contribution in [0.3, 0.4) is 0 Å². The smallest absolute Gasteiger partial charge is 0.241 e. The third-order valence-electron chi connectivity index (χ3n) is 3.56. The van der Waals surface area contributed by atoms with Crippen molar-refractivity contribution in [2.45, 2.75) is 25.3 Å². The van der Waals surface area contributed by atoms with Crippen molar-refractivity contribution in [3.05, 3.63) is 64.2 Å². The Labute approximate surface area is 145 Å². The van der Waals surface area contributed by atoms with Crippen molar-refractivity contribution in [2.75, 3.05) is 0 Å². The van der Waals surface area contributed by atoms with Crippen LogP contribution in [0.5, 0.6) is 0 Å². The van der Waals surface area contributed by atoms with E-state index in [-0.39, 0.29) is 6.54 Å². The van der Waals surface area contributed by atoms with Crippen LogP contribution in [0.4, 0.5) is 0 Å². The van der Waals surface area contributed by atoms with Gasteiger partial charge in [0.05, 0.1) is 17.1 Å². The van der Waals surface area contributed by atoms with Gasteiger partial charge in [-0.2, -0.15) is 0 Å². The Bertz CT molecular complexity index is 951. The van der Waals surface area contributed by atoms with Crippen molar-refractivity contribution in [1.29, 1.82) is 0 Å². The minimum absolute atomic E-state index is 0.172. The first-order chi connectivity index (χ1) is 11.5. The van der Waals surface area contributed by atoms with E-state index in [1.807, 2.05) is 30.5 Å². The molecule has 1 N–H and O–H groups in total. The molecule has 0 aliphatic carbocycles. The Morgan fingerprint density at radius 3 is 2.58 bits per heavy atom. The number of rotatable bonds is 5. The molecule has 0 amide bonds. The average molecular weight is 359 g/mol. The van der Waals surface area contributed by atoms with Gasteiger partial charge in [-0.25, -0.2) is 18.1 Å². The third kappa shape index (κ3) is 3.69. The van der Waals surface area contributed by atoms with Crippen LogP contribution in [-0.4, -0.2) is 18.4 Å². The van der Waals surface area contributed by atoms with Crippen molar-refractivity contribution in [3.63, 3.8) is 0 Å². The summed E-state index contributed by atoms with van der Waals surface area (Å²) in [5.41, 5.74) is 3.56. The molecule has 3 rings (SSSR count). The molecular weight excluding hydrogens is 342 g/mol. The minimum Gasteiger partial charge on any atom is -0.265 e. The Morgan fingerprint density at radius 2 is 1.88 bits per heavy atom. The molecule has 0 fully saturated rings. The summed E-state index contributed by atoms with van der Waals surface area (Å²) in [6.07, 6.45) is 3.41. The average Bonchev–Trinajstić information content (AvgIpc) is 3.02. The molecule has 0 aliphatic rings. The highest BCUT2D eigenvalue weighted by atomic mass is 32.2. The van der Waals surface area contributed by atoms with Gasteiger partial charge < -0.3 is 0 Å². The normalized spacial score (nSPS) is 11.6. The number of hydrogen-bond donors (Lipinski definition) is 1. The summed E-state index contributed by atoms with van der Waals surface area (Å²) in [7, 11) is -3.55. The zero-order chi connectivity index (χ0) is 17.2. The first-order valence-corrected chi connectivity index (χ1v) is 9.74. The molecule has 7 heteroatoms. The molecule has 24 heavy (non-hydrogen) atoms. The van der Waals surface area contributed by atoms with Gasteiger partial charge in [-0.05, 0) is 37.6 Å². The van der Waals surface area contributed by atoms with E-state index in [4.69, 9.17) is 0 Å². The van der Waals surface area contributed by atoms with E-state index in [9.17, 15) is 8.42 Å². The molecule has 0 unspecified atom stereocenters. The van der Waals surface area contributed by atoms with Gasteiger partial charge in [0.25, 0.3) is 0 Å². The second-order valence-corrected chi connectivity index (χ2v) is 8.13. The fourth-order valence-corrected chi connectivity index (χ4v) is 4.43. The van der Waals surface area contributed by atoms with Crippen molar-refractivity contribution in [3.8, 4) is 11.3 Å². The quantitative estimate of drug-likeness (QED) is 0.759. The lowest BCUT2D eigenvalue weighted by Gasteiger charge is -2.09. The van der Waals surface area contributed by atoms with Gasteiger partial charge >= 0.3 is 0 Å². The number of thiazole rings is 1. The Hall–Kier alpha value is -2.09. The van der Waals surface area contributed by atoms with E-state index in [0.29, 0.717) is 4.90 Å². The topological polar surface area (TPSA) is 72.0 Å². The lowest BCUT2D eigenvalue weighted by atomic mass is 10.2. The number of pyridine rings is 1. The van der Waals surface area contributed by atoms with Crippen LogP contribution in [0.25, 0.3) is 11.3 Å². The van der Waals surface area contributed by atoms with Gasteiger partial charge in [0.2, 0.25) is 10.0 Å². The fourth-order valence-electron chi connectivity index (χ4n) is 2.38. The predicted octanol–water partition coefficient (Wildman–Crippen LogP) is 3.30. The summed E-state index contributed by atoms with van der Waals surface area (Å²) < 4.78 is 27.6. The molecule has 5 nitrogen and oxygen atoms in total. The maximum absolute atomic E-state index is 12.5. The van der Waals surface area contributed by atoms with E-state index in [0.717, 1.165) is 27.4 Å². The number of benzene rings is 1. The monoisotopic (exact) mass is 359 g/mol. The van der Waals surface area contributed by atoms with Crippen LogP contribution in [0.2, 0.25) is 0 Å².